The second kappa shape index (κ2) is 12.9. The zero-order valence-corrected chi connectivity index (χ0v) is 23.3. The zero-order valence-electron chi connectivity index (χ0n) is 21.6. The predicted octanol–water partition coefficient (Wildman–Crippen LogP) is 8.50. The summed E-state index contributed by atoms with van der Waals surface area (Å²) >= 11 is 0. The zero-order chi connectivity index (χ0) is 26.3. The first-order valence-corrected chi connectivity index (χ1v) is 12.3. The monoisotopic (exact) mass is 595 g/mol. The molecule has 0 saturated carbocycles. The number of rotatable bonds is 5. The van der Waals surface area contributed by atoms with Gasteiger partial charge in [-0.15, -0.1) is 47.0 Å². The maximum Gasteiger partial charge on any atom is 3.00 e. The Balaban J connectivity index is 0.000000213. The first-order valence-electron chi connectivity index (χ1n) is 12.3. The third kappa shape index (κ3) is 6.57. The van der Waals surface area contributed by atoms with E-state index in [1.165, 1.54) is 5.56 Å². The number of allylic oxidation sites excluding steroid dienone is 1. The number of pyridine rings is 1. The van der Waals surface area contributed by atoms with Gasteiger partial charge in [-0.25, -0.2) is 0 Å². The molecule has 4 aromatic carbocycles. The van der Waals surface area contributed by atoms with E-state index >= 15 is 0 Å². The second-order valence-electron chi connectivity index (χ2n) is 8.87. The molecule has 2 aromatic heterocycles. The van der Waals surface area contributed by atoms with E-state index in [2.05, 4.69) is 60.4 Å². The molecule has 192 valence electrons. The predicted molar refractivity (Wildman–Crippen MR) is 158 cm³/mol. The van der Waals surface area contributed by atoms with Crippen LogP contribution in [0.5, 0.6) is 0 Å². The van der Waals surface area contributed by atoms with Gasteiger partial charge in [-0.1, -0.05) is 55.1 Å². The van der Waals surface area contributed by atoms with Gasteiger partial charge in [0, 0.05) is 24.0 Å². The van der Waals surface area contributed by atoms with Crippen LogP contribution in [0.3, 0.4) is 0 Å². The van der Waals surface area contributed by atoms with E-state index in [9.17, 15) is 0 Å². The molecule has 6 aromatic rings. The van der Waals surface area contributed by atoms with Crippen LogP contribution < -0.4 is 4.90 Å². The smallest absolute Gasteiger partial charge is 0.811 e. The van der Waals surface area contributed by atoms with Gasteiger partial charge in [0.05, 0.1) is 0 Å². The van der Waals surface area contributed by atoms with E-state index in [0.717, 1.165) is 56.2 Å². The quantitative estimate of drug-likeness (QED) is 0.114. The van der Waals surface area contributed by atoms with E-state index in [-0.39, 0.29) is 19.5 Å². The number of benzene rings is 4. The number of furan rings is 1. The molecular formula is C34H26N3ORh. The van der Waals surface area contributed by atoms with Crippen LogP contribution in [0, 0.1) is 19.1 Å². The molecule has 0 spiro atoms. The molecule has 0 aliphatic heterocycles. The molecule has 0 saturated heterocycles. The van der Waals surface area contributed by atoms with Crippen LogP contribution in [-0.4, -0.2) is 18.2 Å². The Hall–Kier alpha value is -4.34. The molecule has 0 bridgehead atoms. The van der Waals surface area contributed by atoms with E-state index in [0.29, 0.717) is 0 Å². The van der Waals surface area contributed by atoms with Crippen LogP contribution in [0.2, 0.25) is 0 Å². The first-order chi connectivity index (χ1) is 18.6. The van der Waals surface area contributed by atoms with E-state index in [1.54, 1.807) is 18.5 Å². The van der Waals surface area contributed by atoms with Crippen LogP contribution in [0.1, 0.15) is 5.56 Å². The number of fused-ring (bicyclic) bond motifs is 3. The van der Waals surface area contributed by atoms with Gasteiger partial charge in [0.15, 0.2) is 0 Å². The van der Waals surface area contributed by atoms with E-state index in [4.69, 9.17) is 9.83 Å². The number of nitrogens with zero attached hydrogens (tertiary/aromatic N) is 3. The largest absolute Gasteiger partial charge is 3.00 e. The van der Waals surface area contributed by atoms with Crippen LogP contribution in [0.4, 0.5) is 5.69 Å². The van der Waals surface area contributed by atoms with Crippen molar-refractivity contribution in [2.75, 3.05) is 11.9 Å². The normalized spacial score (nSPS) is 10.6. The maximum atomic E-state index is 8.80. The van der Waals surface area contributed by atoms with Crippen molar-refractivity contribution in [2.45, 2.75) is 6.92 Å². The summed E-state index contributed by atoms with van der Waals surface area (Å²) in [5.41, 5.74) is 8.13. The van der Waals surface area contributed by atoms with Gasteiger partial charge in [-0.3, -0.25) is 0 Å². The standard InChI is InChI=1S/C22H16N2O.C12H10N.Rh/c1-24(13-5-12-23)18-7-4-6-16(14-18)17-10-11-20-19-8-2-3-9-21(19)25-22(20)15-17;1-10-5-7-11(8-6-10)12-4-2-3-9-13-12;/h2-6,8-15H,1H3;2-7,9H,1H3;/q-2;-1;+3/b13-5-;;. The molecule has 0 atom stereocenters. The van der Waals surface area contributed by atoms with Gasteiger partial charge in [-0.2, -0.15) is 24.4 Å². The maximum absolute atomic E-state index is 8.80. The third-order valence-electron chi connectivity index (χ3n) is 6.18. The van der Waals surface area contributed by atoms with Gasteiger partial charge in [0.2, 0.25) is 0 Å². The summed E-state index contributed by atoms with van der Waals surface area (Å²) in [6.07, 6.45) is 6.15. The van der Waals surface area contributed by atoms with Crippen molar-refractivity contribution in [1.29, 1.82) is 0 Å². The molecular weight excluding hydrogens is 569 g/mol. The average Bonchev–Trinajstić information content (AvgIpc) is 3.35. The van der Waals surface area contributed by atoms with Crippen molar-refractivity contribution in [2.24, 2.45) is 0 Å². The Morgan fingerprint density at radius 1 is 0.846 bits per heavy atom. The summed E-state index contributed by atoms with van der Waals surface area (Å²) in [4.78, 5) is 6.15. The van der Waals surface area contributed by atoms with Crippen LogP contribution in [0.25, 0.3) is 49.7 Å². The summed E-state index contributed by atoms with van der Waals surface area (Å²) < 4.78 is 5.98. The van der Waals surface area contributed by atoms with Crippen molar-refractivity contribution in [3.05, 3.63) is 139 Å². The molecule has 4 nitrogen and oxygen atoms in total. The van der Waals surface area contributed by atoms with Crippen molar-refractivity contribution in [3.8, 4) is 22.4 Å². The Kier molecular flexibility index (Phi) is 9.19. The third-order valence-corrected chi connectivity index (χ3v) is 6.18. The second-order valence-corrected chi connectivity index (χ2v) is 8.87. The topological polar surface area (TPSA) is 51.6 Å². The summed E-state index contributed by atoms with van der Waals surface area (Å²) in [5.74, 6) is 0. The first kappa shape index (κ1) is 27.7. The molecule has 0 amide bonds. The minimum atomic E-state index is 0. The molecule has 0 N–H and O–H groups in total. The molecule has 6 rings (SSSR count). The molecule has 2 heterocycles. The van der Waals surface area contributed by atoms with E-state index in [1.807, 2.05) is 72.6 Å². The molecule has 0 radical (unpaired) electrons. The van der Waals surface area contributed by atoms with Crippen LogP contribution in [0.15, 0.2) is 120 Å². The van der Waals surface area contributed by atoms with E-state index < -0.39 is 0 Å². The van der Waals surface area contributed by atoms with Crippen molar-refractivity contribution in [1.82, 2.24) is 4.98 Å². The Morgan fingerprint density at radius 2 is 1.64 bits per heavy atom. The Morgan fingerprint density at radius 3 is 2.41 bits per heavy atom. The molecule has 0 fully saturated rings. The SMILES string of the molecule is CN(/C=C\C=[N-])c1[c-]ccc(-c2ccc3c(c2)oc2ccccc23)c1.Cc1c[c-]c(-c2ccccn2)cc1.[Rh+3]. The fraction of sp³-hybridized carbons (Fsp3) is 0.0588. The number of anilines is 1. The Bertz CT molecular complexity index is 1710. The van der Waals surface area contributed by atoms with Gasteiger partial charge in [0.1, 0.15) is 11.2 Å². The molecule has 0 unspecified atom stereocenters. The number of para-hydroxylation sites is 1. The molecule has 5 heteroatoms. The fourth-order valence-corrected chi connectivity index (χ4v) is 4.17. The molecule has 39 heavy (non-hydrogen) atoms. The summed E-state index contributed by atoms with van der Waals surface area (Å²) in [5, 5.41) is 11.1. The van der Waals surface area contributed by atoms with Gasteiger partial charge >= 0.3 is 19.5 Å². The van der Waals surface area contributed by atoms with Crippen molar-refractivity contribution in [3.63, 3.8) is 0 Å². The number of aromatic nitrogens is 1. The van der Waals surface area contributed by atoms with Gasteiger partial charge in [0.25, 0.3) is 0 Å². The minimum absolute atomic E-state index is 0. The number of aryl methyl sites for hydroxylation is 1. The van der Waals surface area contributed by atoms with Crippen molar-refractivity contribution >= 4 is 33.8 Å². The molecule has 0 aliphatic carbocycles. The fourth-order valence-electron chi connectivity index (χ4n) is 4.17. The van der Waals surface area contributed by atoms with Crippen LogP contribution in [-0.2, 0) is 19.5 Å². The summed E-state index contributed by atoms with van der Waals surface area (Å²) in [7, 11) is 1.91. The summed E-state index contributed by atoms with van der Waals surface area (Å²) in [6, 6.07) is 38.7. The average molecular weight is 596 g/mol. The van der Waals surface area contributed by atoms with Gasteiger partial charge in [-0.05, 0) is 41.7 Å². The number of hydrogen-bond donors (Lipinski definition) is 0. The molecule has 0 aliphatic rings. The Labute approximate surface area is 241 Å². The van der Waals surface area contributed by atoms with Crippen molar-refractivity contribution < 1.29 is 23.9 Å². The number of hydrogen-bond acceptors (Lipinski definition) is 3. The van der Waals surface area contributed by atoms with Crippen LogP contribution >= 0.6 is 0 Å². The summed E-state index contributed by atoms with van der Waals surface area (Å²) in [6.45, 7) is 2.05. The minimum Gasteiger partial charge on any atom is -0.811 e. The van der Waals surface area contributed by atoms with Gasteiger partial charge < -0.3 is 19.7 Å².